The molecule has 1 aromatic rings. The molecule has 0 bridgehead atoms. The van der Waals surface area contributed by atoms with Crippen molar-refractivity contribution in [2.45, 2.75) is 6.04 Å². The van der Waals surface area contributed by atoms with Gasteiger partial charge in [-0.3, -0.25) is 9.59 Å². The SMILES string of the molecule is O=CNC(CSCC(=O)Nc1ccccc1I)C(=O)O. The molecule has 1 rings (SSSR count). The van der Waals surface area contributed by atoms with E-state index in [-0.39, 0.29) is 17.4 Å². The number of para-hydroxylation sites is 1. The third kappa shape index (κ3) is 5.78. The summed E-state index contributed by atoms with van der Waals surface area (Å²) in [5.41, 5.74) is 0.722. The fourth-order valence-corrected chi connectivity index (χ4v) is 2.66. The normalized spacial score (nSPS) is 11.4. The lowest BCUT2D eigenvalue weighted by atomic mass is 10.3. The first kappa shape index (κ1) is 16.8. The lowest BCUT2D eigenvalue weighted by Crippen LogP contribution is -2.38. The Labute approximate surface area is 133 Å². The minimum absolute atomic E-state index is 0.120. The Morgan fingerprint density at radius 2 is 2.10 bits per heavy atom. The fraction of sp³-hybridized carbons (Fsp3) is 0.250. The Kier molecular flexibility index (Phi) is 7.37. The van der Waals surface area contributed by atoms with E-state index in [1.54, 1.807) is 6.07 Å². The highest BCUT2D eigenvalue weighted by atomic mass is 127. The van der Waals surface area contributed by atoms with Crippen LogP contribution >= 0.6 is 34.4 Å². The number of hydrogen-bond donors (Lipinski definition) is 3. The molecule has 0 aliphatic rings. The van der Waals surface area contributed by atoms with Crippen molar-refractivity contribution in [3.63, 3.8) is 0 Å². The molecule has 1 unspecified atom stereocenters. The molecule has 0 spiro atoms. The monoisotopic (exact) mass is 408 g/mol. The number of carbonyl (C=O) groups excluding carboxylic acids is 2. The minimum Gasteiger partial charge on any atom is -0.480 e. The summed E-state index contributed by atoms with van der Waals surface area (Å²) in [5.74, 6) is -1.08. The van der Waals surface area contributed by atoms with Crippen LogP contribution in [0, 0.1) is 3.57 Å². The van der Waals surface area contributed by atoms with Gasteiger partial charge < -0.3 is 15.7 Å². The van der Waals surface area contributed by atoms with E-state index in [0.29, 0.717) is 6.41 Å². The van der Waals surface area contributed by atoms with Crippen molar-refractivity contribution in [2.24, 2.45) is 0 Å². The van der Waals surface area contributed by atoms with Crippen LogP contribution in [-0.4, -0.2) is 40.9 Å². The number of benzene rings is 1. The van der Waals surface area contributed by atoms with Gasteiger partial charge in [-0.25, -0.2) is 4.79 Å². The first-order valence-corrected chi connectivity index (χ1v) is 7.82. The van der Waals surface area contributed by atoms with Gasteiger partial charge >= 0.3 is 5.97 Å². The van der Waals surface area contributed by atoms with Crippen LogP contribution in [-0.2, 0) is 14.4 Å². The molecule has 0 saturated carbocycles. The van der Waals surface area contributed by atoms with Crippen molar-refractivity contribution >= 4 is 58.3 Å². The number of halogens is 1. The molecule has 108 valence electrons. The van der Waals surface area contributed by atoms with Crippen LogP contribution < -0.4 is 10.6 Å². The molecule has 0 saturated heterocycles. The van der Waals surface area contributed by atoms with E-state index < -0.39 is 12.0 Å². The first-order chi connectivity index (χ1) is 9.54. The van der Waals surface area contributed by atoms with Crippen LogP contribution in [0.1, 0.15) is 0 Å². The second-order valence-electron chi connectivity index (χ2n) is 3.72. The van der Waals surface area contributed by atoms with E-state index in [9.17, 15) is 14.4 Å². The van der Waals surface area contributed by atoms with Gasteiger partial charge in [-0.1, -0.05) is 12.1 Å². The fourth-order valence-electron chi connectivity index (χ4n) is 1.29. The van der Waals surface area contributed by atoms with Crippen molar-refractivity contribution in [3.05, 3.63) is 27.8 Å². The number of aliphatic carboxylic acids is 1. The smallest absolute Gasteiger partial charge is 0.327 e. The average Bonchev–Trinajstić information content (AvgIpc) is 2.40. The van der Waals surface area contributed by atoms with Gasteiger partial charge in [0.2, 0.25) is 12.3 Å². The first-order valence-electron chi connectivity index (χ1n) is 5.59. The molecule has 6 nitrogen and oxygen atoms in total. The molecule has 0 aliphatic carbocycles. The number of amides is 2. The topological polar surface area (TPSA) is 95.5 Å². The molecular weight excluding hydrogens is 395 g/mol. The summed E-state index contributed by atoms with van der Waals surface area (Å²) in [7, 11) is 0. The lowest BCUT2D eigenvalue weighted by molar-refractivity contribution is -0.139. The lowest BCUT2D eigenvalue weighted by Gasteiger charge is -2.11. The van der Waals surface area contributed by atoms with Crippen molar-refractivity contribution in [1.29, 1.82) is 0 Å². The third-order valence-electron chi connectivity index (χ3n) is 2.23. The Balaban J connectivity index is 2.38. The van der Waals surface area contributed by atoms with Gasteiger partial charge in [-0.2, -0.15) is 0 Å². The Hall–Kier alpha value is -1.29. The summed E-state index contributed by atoms with van der Waals surface area (Å²) in [6, 6.07) is 6.37. The number of carbonyl (C=O) groups is 3. The maximum atomic E-state index is 11.7. The summed E-state index contributed by atoms with van der Waals surface area (Å²) in [6.07, 6.45) is 0.339. The van der Waals surface area contributed by atoms with Gasteiger partial charge in [-0.15, -0.1) is 11.8 Å². The summed E-state index contributed by atoms with van der Waals surface area (Å²) in [4.78, 5) is 32.7. The number of rotatable bonds is 8. The number of thioether (sulfide) groups is 1. The van der Waals surface area contributed by atoms with Crippen molar-refractivity contribution in [2.75, 3.05) is 16.8 Å². The second kappa shape index (κ2) is 8.80. The zero-order valence-corrected chi connectivity index (χ0v) is 13.3. The van der Waals surface area contributed by atoms with Crippen molar-refractivity contribution in [1.82, 2.24) is 5.32 Å². The molecule has 8 heteroatoms. The number of carboxylic acid groups (broad SMARTS) is 1. The standard InChI is InChI=1S/C12H13IN2O4S/c13-8-3-1-2-4-9(8)15-11(17)6-20-5-10(12(18)19)14-7-16/h1-4,7,10H,5-6H2,(H,14,16)(H,15,17)(H,18,19). The Bertz CT molecular complexity index is 498. The number of anilines is 1. The third-order valence-corrected chi connectivity index (χ3v) is 4.21. The Morgan fingerprint density at radius 1 is 1.40 bits per heavy atom. The number of hydrogen-bond acceptors (Lipinski definition) is 4. The zero-order valence-electron chi connectivity index (χ0n) is 10.3. The molecule has 0 radical (unpaired) electrons. The van der Waals surface area contributed by atoms with Crippen molar-refractivity contribution in [3.8, 4) is 0 Å². The molecule has 0 aliphatic heterocycles. The number of carboxylic acids is 1. The van der Waals surface area contributed by atoms with Gasteiger partial charge in [0.15, 0.2) is 0 Å². The second-order valence-corrected chi connectivity index (χ2v) is 5.91. The highest BCUT2D eigenvalue weighted by Crippen LogP contribution is 2.17. The maximum Gasteiger partial charge on any atom is 0.327 e. The summed E-state index contributed by atoms with van der Waals surface area (Å²) in [6.45, 7) is 0. The van der Waals surface area contributed by atoms with E-state index in [4.69, 9.17) is 5.11 Å². The van der Waals surface area contributed by atoms with Crippen LogP contribution in [0.25, 0.3) is 0 Å². The molecule has 20 heavy (non-hydrogen) atoms. The summed E-state index contributed by atoms with van der Waals surface area (Å²) < 4.78 is 0.925. The molecular formula is C12H13IN2O4S. The molecule has 3 N–H and O–H groups in total. The summed E-state index contributed by atoms with van der Waals surface area (Å²) in [5, 5.41) is 13.7. The predicted octanol–water partition coefficient (Wildman–Crippen LogP) is 1.16. The molecule has 1 atom stereocenters. The molecule has 0 heterocycles. The van der Waals surface area contributed by atoms with Gasteiger partial charge in [0.1, 0.15) is 6.04 Å². The molecule has 1 aromatic carbocycles. The number of nitrogens with one attached hydrogen (secondary N) is 2. The molecule has 0 fully saturated rings. The zero-order chi connectivity index (χ0) is 15.0. The molecule has 0 aromatic heterocycles. The summed E-state index contributed by atoms with van der Waals surface area (Å²) >= 11 is 3.26. The van der Waals surface area contributed by atoms with E-state index in [2.05, 4.69) is 33.2 Å². The van der Waals surface area contributed by atoms with E-state index in [1.807, 2.05) is 18.2 Å². The van der Waals surface area contributed by atoms with E-state index in [0.717, 1.165) is 21.0 Å². The quantitative estimate of drug-likeness (QED) is 0.443. The van der Waals surface area contributed by atoms with Gasteiger partial charge in [0, 0.05) is 9.32 Å². The maximum absolute atomic E-state index is 11.7. The Morgan fingerprint density at radius 3 is 2.70 bits per heavy atom. The highest BCUT2D eigenvalue weighted by Gasteiger charge is 2.16. The highest BCUT2D eigenvalue weighted by molar-refractivity contribution is 14.1. The van der Waals surface area contributed by atoms with Gasteiger partial charge in [-0.05, 0) is 34.7 Å². The van der Waals surface area contributed by atoms with Crippen LogP contribution in [0.4, 0.5) is 5.69 Å². The minimum atomic E-state index is -1.12. The van der Waals surface area contributed by atoms with E-state index in [1.165, 1.54) is 0 Å². The van der Waals surface area contributed by atoms with Crippen LogP contribution in [0.15, 0.2) is 24.3 Å². The van der Waals surface area contributed by atoms with Gasteiger partial charge in [0.25, 0.3) is 0 Å². The van der Waals surface area contributed by atoms with Crippen LogP contribution in [0.3, 0.4) is 0 Å². The van der Waals surface area contributed by atoms with Gasteiger partial charge in [0.05, 0.1) is 11.4 Å². The van der Waals surface area contributed by atoms with E-state index >= 15 is 0 Å². The average molecular weight is 408 g/mol. The van der Waals surface area contributed by atoms with Crippen molar-refractivity contribution < 1.29 is 19.5 Å². The molecule has 2 amide bonds. The van der Waals surface area contributed by atoms with Crippen LogP contribution in [0.5, 0.6) is 0 Å². The predicted molar refractivity (Wildman–Crippen MR) is 85.7 cm³/mol. The largest absolute Gasteiger partial charge is 0.480 e. The van der Waals surface area contributed by atoms with Crippen LogP contribution in [0.2, 0.25) is 0 Å².